The Morgan fingerprint density at radius 3 is 2.11 bits per heavy atom. The van der Waals surface area contributed by atoms with Crippen molar-refractivity contribution in [3.05, 3.63) is 148 Å². The highest BCUT2D eigenvalue weighted by molar-refractivity contribution is 8.53. The molecule has 2 aliphatic rings. The first-order valence-corrected chi connectivity index (χ1v) is 25.5. The van der Waals surface area contributed by atoms with Crippen molar-refractivity contribution >= 4 is 58.8 Å². The first kappa shape index (κ1) is 47.4. The Hall–Kier alpha value is -5.13. The molecule has 1 unspecified atom stereocenters. The number of nitrogens with one attached hydrogen (secondary N) is 2. The molecular weight excluding hydrogens is 903 g/mol. The highest BCUT2D eigenvalue weighted by atomic mass is 32.7. The maximum atomic E-state index is 17.8. The molecule has 4 heterocycles. The van der Waals surface area contributed by atoms with Crippen molar-refractivity contribution in [1.82, 2.24) is 24.2 Å². The summed E-state index contributed by atoms with van der Waals surface area (Å²) in [5.74, 6) is 1.58. The van der Waals surface area contributed by atoms with E-state index < -0.39 is 49.2 Å². The van der Waals surface area contributed by atoms with Gasteiger partial charge in [-0.3, -0.25) is 33.9 Å². The Morgan fingerprint density at radius 2 is 1.50 bits per heavy atom. The molecule has 14 nitrogen and oxygen atoms in total. The summed E-state index contributed by atoms with van der Waals surface area (Å²) in [6.07, 6.45) is -2.08. The quantitative estimate of drug-likeness (QED) is 0.0451. The minimum absolute atomic E-state index is 0.0155. The number of carbonyl (C=O) groups excluding carboxylic acids is 2. The van der Waals surface area contributed by atoms with Gasteiger partial charge in [0.2, 0.25) is 17.0 Å². The second-order valence-electron chi connectivity index (χ2n) is 16.0. The summed E-state index contributed by atoms with van der Waals surface area (Å²) in [6.45, 7) is 4.83. The molecule has 0 aliphatic carbocycles. The number of hydrogen-bond donors (Lipinski definition) is 2. The molecule has 0 bridgehead atoms. The van der Waals surface area contributed by atoms with Gasteiger partial charge in [0.1, 0.15) is 29.3 Å². The zero-order valence-electron chi connectivity index (χ0n) is 37.0. The zero-order valence-corrected chi connectivity index (χ0v) is 39.5. The van der Waals surface area contributed by atoms with Crippen molar-refractivity contribution in [2.45, 2.75) is 56.9 Å². The topological polar surface area (TPSA) is 159 Å². The second-order valence-corrected chi connectivity index (χ2v) is 20.7. The third-order valence-corrected chi connectivity index (χ3v) is 16.6. The minimum Gasteiger partial charge on any atom is -0.497 e. The molecule has 1 amide bonds. The molecule has 66 heavy (non-hydrogen) atoms. The van der Waals surface area contributed by atoms with Gasteiger partial charge in [0.05, 0.1) is 27.2 Å². The maximum absolute atomic E-state index is 17.8. The average Bonchev–Trinajstić information content (AvgIpc) is 4.11. The van der Waals surface area contributed by atoms with Crippen molar-refractivity contribution in [3.63, 3.8) is 0 Å². The number of anilines is 1. The number of fused-ring (bicyclic) bond motifs is 1. The monoisotopic (exact) mass is 954 g/mol. The van der Waals surface area contributed by atoms with Crippen LogP contribution in [0, 0.1) is 5.92 Å². The predicted octanol–water partition coefficient (Wildman–Crippen LogP) is 8.99. The van der Waals surface area contributed by atoms with E-state index in [-0.39, 0.29) is 34.7 Å². The summed E-state index contributed by atoms with van der Waals surface area (Å²) in [6, 6.07) is 34.2. The number of aromatic nitrogens is 4. The van der Waals surface area contributed by atoms with E-state index in [0.29, 0.717) is 28.6 Å². The van der Waals surface area contributed by atoms with E-state index in [4.69, 9.17) is 23.5 Å². The number of benzene rings is 4. The van der Waals surface area contributed by atoms with Crippen LogP contribution in [0.15, 0.2) is 120 Å². The molecule has 8 rings (SSSR count). The van der Waals surface area contributed by atoms with E-state index in [9.17, 15) is 14.4 Å². The number of carbonyl (C=O) groups is 2. The Labute approximate surface area is 392 Å². The van der Waals surface area contributed by atoms with Crippen LogP contribution in [-0.2, 0) is 24.4 Å². The Morgan fingerprint density at radius 1 is 0.894 bits per heavy atom. The SMILES string of the molecule is COc1ccc(C(OC[C@H]2O[C@@H](n3cnc4c(=O)[nH]c(NC(=O)C(C)C)nc43)[C@H](F)[C@@H]2OP(SCCSC(=O)c2ccccc2)N2CCCC2)(c2ccccc2)c2ccc(OC)cc2)cc1. The molecule has 346 valence electrons. The second kappa shape index (κ2) is 21.7. The molecule has 2 aliphatic heterocycles. The van der Waals surface area contributed by atoms with Crippen molar-refractivity contribution in [3.8, 4) is 11.5 Å². The molecule has 2 fully saturated rings. The van der Waals surface area contributed by atoms with Crippen LogP contribution in [0.3, 0.4) is 0 Å². The van der Waals surface area contributed by atoms with Gasteiger partial charge in [0.15, 0.2) is 31.1 Å². The van der Waals surface area contributed by atoms with Crippen LogP contribution in [0.5, 0.6) is 11.5 Å². The Bertz CT molecular complexity index is 2570. The summed E-state index contributed by atoms with van der Waals surface area (Å²) in [5.41, 5.74) is 1.11. The largest absolute Gasteiger partial charge is 0.497 e. The van der Waals surface area contributed by atoms with Gasteiger partial charge in [-0.1, -0.05) is 122 Å². The highest BCUT2D eigenvalue weighted by Crippen LogP contribution is 2.58. The van der Waals surface area contributed by atoms with Crippen LogP contribution in [0.2, 0.25) is 0 Å². The van der Waals surface area contributed by atoms with Crippen molar-refractivity contribution in [1.29, 1.82) is 0 Å². The molecule has 2 N–H and O–H groups in total. The number of methoxy groups -OCH3 is 2. The van der Waals surface area contributed by atoms with Gasteiger partial charge in [-0.15, -0.1) is 0 Å². The van der Waals surface area contributed by atoms with Gasteiger partial charge in [-0.05, 0) is 53.8 Å². The van der Waals surface area contributed by atoms with Crippen LogP contribution >= 0.6 is 30.6 Å². The minimum atomic E-state index is -1.80. The third kappa shape index (κ3) is 10.4. The Kier molecular flexibility index (Phi) is 15.5. The lowest BCUT2D eigenvalue weighted by Crippen LogP contribution is -2.40. The molecule has 5 atom stereocenters. The smallest absolute Gasteiger partial charge is 0.280 e. The van der Waals surface area contributed by atoms with Crippen LogP contribution in [-0.4, -0.2) is 99.0 Å². The molecule has 0 saturated carbocycles. The normalized spacial score (nSPS) is 19.3. The lowest BCUT2D eigenvalue weighted by Gasteiger charge is -2.37. The summed E-state index contributed by atoms with van der Waals surface area (Å²) in [7, 11) is 1.76. The number of ether oxygens (including phenoxy) is 4. The van der Waals surface area contributed by atoms with Crippen LogP contribution in [0.1, 0.15) is 60.0 Å². The number of alkyl halides is 1. The number of imidazole rings is 1. The number of amides is 1. The standard InChI is InChI=1S/C48H52FN6O8PS2/c1-31(2)43(56)52-47-51-42-40(44(57)53-47)50-30-55(42)45-39(49)41(63-64(54-25-11-12-26-54)66-28-27-65-46(58)32-13-7-5-8-14-32)38(62-45)29-61-48(33-15-9-6-10-16-33,34-17-21-36(59-3)22-18-34)35-19-23-37(60-4)24-20-35/h5-10,13-24,30-31,38-39,41,45H,11-12,25-29H2,1-4H3,(H2,51,52,53,56,57)/t38-,39-,41-,45-,64?/m1/s1. The number of aromatic amines is 1. The number of halogens is 1. The number of rotatable bonds is 19. The molecule has 2 aromatic heterocycles. The van der Waals surface area contributed by atoms with Gasteiger partial charge < -0.3 is 23.5 Å². The fraction of sp³-hybridized carbons (Fsp3) is 0.354. The number of H-pyrrole nitrogens is 1. The highest BCUT2D eigenvalue weighted by Gasteiger charge is 2.51. The van der Waals surface area contributed by atoms with Crippen LogP contribution < -0.4 is 20.3 Å². The van der Waals surface area contributed by atoms with E-state index in [2.05, 4.69) is 24.9 Å². The van der Waals surface area contributed by atoms with E-state index in [1.54, 1.807) is 51.6 Å². The lowest BCUT2D eigenvalue weighted by atomic mass is 9.80. The third-order valence-electron chi connectivity index (χ3n) is 11.4. The van der Waals surface area contributed by atoms with Crippen molar-refractivity contribution < 1.29 is 37.5 Å². The molecule has 2 saturated heterocycles. The fourth-order valence-corrected chi connectivity index (χ4v) is 13.2. The first-order chi connectivity index (χ1) is 32.1. The fourth-order valence-electron chi connectivity index (χ4n) is 7.95. The van der Waals surface area contributed by atoms with E-state index >= 15 is 4.39 Å². The lowest BCUT2D eigenvalue weighted by molar-refractivity contribution is -0.118. The summed E-state index contributed by atoms with van der Waals surface area (Å²) >= 11 is 2.82. The van der Waals surface area contributed by atoms with Gasteiger partial charge in [0.25, 0.3) is 5.56 Å². The van der Waals surface area contributed by atoms with E-state index in [0.717, 1.165) is 42.6 Å². The molecule has 6 aromatic rings. The zero-order chi connectivity index (χ0) is 46.2. The van der Waals surface area contributed by atoms with Crippen molar-refractivity contribution in [2.75, 3.05) is 50.7 Å². The van der Waals surface area contributed by atoms with Gasteiger partial charge >= 0.3 is 0 Å². The van der Waals surface area contributed by atoms with Crippen molar-refractivity contribution in [2.24, 2.45) is 5.92 Å². The Balaban J connectivity index is 1.16. The molecule has 18 heteroatoms. The summed E-state index contributed by atoms with van der Waals surface area (Å²) in [4.78, 5) is 50.3. The summed E-state index contributed by atoms with van der Waals surface area (Å²) in [5, 5.41) is 2.62. The summed E-state index contributed by atoms with van der Waals surface area (Å²) < 4.78 is 53.5. The van der Waals surface area contributed by atoms with E-state index in [1.165, 1.54) is 22.7 Å². The number of thioether (sulfide) groups is 1. The number of nitrogens with zero attached hydrogens (tertiary/aromatic N) is 4. The van der Waals surface area contributed by atoms with Gasteiger partial charge in [-0.25, -0.2) is 9.37 Å². The molecule has 0 spiro atoms. The van der Waals surface area contributed by atoms with Gasteiger partial charge in [0, 0.05) is 36.1 Å². The first-order valence-electron chi connectivity index (χ1n) is 21.7. The van der Waals surface area contributed by atoms with Crippen LogP contribution in [0.4, 0.5) is 10.3 Å². The number of hydrogen-bond acceptors (Lipinski definition) is 13. The van der Waals surface area contributed by atoms with E-state index in [1.807, 2.05) is 97.1 Å². The maximum Gasteiger partial charge on any atom is 0.280 e. The van der Waals surface area contributed by atoms with Crippen LogP contribution in [0.25, 0.3) is 11.2 Å². The van der Waals surface area contributed by atoms with Gasteiger partial charge in [-0.2, -0.15) is 4.98 Å². The average molecular weight is 955 g/mol. The molecule has 0 radical (unpaired) electrons. The molecule has 4 aromatic carbocycles. The predicted molar refractivity (Wildman–Crippen MR) is 257 cm³/mol. The molecular formula is C48H52FN6O8PS2.